The van der Waals surface area contributed by atoms with Crippen molar-refractivity contribution < 1.29 is 14.3 Å². The van der Waals surface area contributed by atoms with E-state index in [2.05, 4.69) is 0 Å². The third-order valence-electron chi connectivity index (χ3n) is 3.28. The van der Waals surface area contributed by atoms with Gasteiger partial charge in [-0.15, -0.1) is 0 Å². The van der Waals surface area contributed by atoms with Gasteiger partial charge in [0.2, 0.25) is 0 Å². The summed E-state index contributed by atoms with van der Waals surface area (Å²) in [4.78, 5) is 14.0. The smallest absolute Gasteiger partial charge is 0.289 e. The lowest BCUT2D eigenvalue weighted by Gasteiger charge is -2.36. The molecule has 0 atom stereocenters. The molecule has 1 aromatic heterocycles. The SMILES string of the molecule is CSCc1ccc(C(=O)N(CCO)C2CCC2)o1. The Morgan fingerprint density at radius 1 is 1.56 bits per heavy atom. The molecule has 0 radical (unpaired) electrons. The van der Waals surface area contributed by atoms with E-state index in [0.717, 1.165) is 30.8 Å². The molecule has 0 unspecified atom stereocenters. The van der Waals surface area contributed by atoms with Gasteiger partial charge in [-0.25, -0.2) is 0 Å². The maximum Gasteiger partial charge on any atom is 0.289 e. The predicted molar refractivity (Wildman–Crippen MR) is 71.7 cm³/mol. The van der Waals surface area contributed by atoms with Crippen LogP contribution in [0.4, 0.5) is 0 Å². The first kappa shape index (κ1) is 13.5. The zero-order valence-electron chi connectivity index (χ0n) is 10.6. The molecule has 2 rings (SSSR count). The molecule has 0 spiro atoms. The predicted octanol–water partition coefficient (Wildman–Crippen LogP) is 2.13. The van der Waals surface area contributed by atoms with Gasteiger partial charge in [0.25, 0.3) is 5.91 Å². The standard InChI is InChI=1S/C13H19NO3S/c1-18-9-11-5-6-12(17-11)13(16)14(7-8-15)10-3-2-4-10/h5-6,10,15H,2-4,7-9H2,1H3. The summed E-state index contributed by atoms with van der Waals surface area (Å²) in [6.07, 6.45) is 5.22. The van der Waals surface area contributed by atoms with Crippen molar-refractivity contribution in [1.29, 1.82) is 0 Å². The van der Waals surface area contributed by atoms with Crippen LogP contribution in [0.5, 0.6) is 0 Å². The fourth-order valence-corrected chi connectivity index (χ4v) is 2.55. The van der Waals surface area contributed by atoms with Crippen molar-refractivity contribution in [2.24, 2.45) is 0 Å². The largest absolute Gasteiger partial charge is 0.455 e. The molecule has 1 aliphatic rings. The van der Waals surface area contributed by atoms with Gasteiger partial charge >= 0.3 is 0 Å². The Kier molecular flexibility index (Phi) is 4.72. The van der Waals surface area contributed by atoms with Gasteiger partial charge in [0, 0.05) is 12.6 Å². The summed E-state index contributed by atoms with van der Waals surface area (Å²) in [6.45, 7) is 0.392. The zero-order valence-corrected chi connectivity index (χ0v) is 11.4. The Labute approximate surface area is 111 Å². The Hall–Kier alpha value is -0.940. The highest BCUT2D eigenvalue weighted by Crippen LogP contribution is 2.26. The van der Waals surface area contributed by atoms with Crippen LogP contribution in [-0.4, -0.2) is 41.4 Å². The highest BCUT2D eigenvalue weighted by atomic mass is 32.2. The van der Waals surface area contributed by atoms with Crippen molar-refractivity contribution in [1.82, 2.24) is 4.90 Å². The Morgan fingerprint density at radius 2 is 2.33 bits per heavy atom. The molecule has 0 aliphatic heterocycles. The lowest BCUT2D eigenvalue weighted by atomic mass is 9.91. The zero-order chi connectivity index (χ0) is 13.0. The number of aliphatic hydroxyl groups excluding tert-OH is 1. The number of rotatable bonds is 6. The quantitative estimate of drug-likeness (QED) is 0.859. The molecule has 0 bridgehead atoms. The average Bonchev–Trinajstić information content (AvgIpc) is 2.74. The van der Waals surface area contributed by atoms with Gasteiger partial charge in [0.05, 0.1) is 12.4 Å². The lowest BCUT2D eigenvalue weighted by Crippen LogP contribution is -2.45. The fraction of sp³-hybridized carbons (Fsp3) is 0.615. The van der Waals surface area contributed by atoms with Crippen LogP contribution in [0.1, 0.15) is 35.6 Å². The van der Waals surface area contributed by atoms with E-state index in [4.69, 9.17) is 9.52 Å². The molecule has 1 fully saturated rings. The maximum atomic E-state index is 12.3. The second-order valence-corrected chi connectivity index (χ2v) is 5.37. The van der Waals surface area contributed by atoms with Gasteiger partial charge in [-0.05, 0) is 37.7 Å². The number of carbonyl (C=O) groups is 1. The Morgan fingerprint density at radius 3 is 2.89 bits per heavy atom. The topological polar surface area (TPSA) is 53.7 Å². The molecule has 5 heteroatoms. The van der Waals surface area contributed by atoms with Crippen LogP contribution >= 0.6 is 11.8 Å². The molecule has 1 N–H and O–H groups in total. The number of furan rings is 1. The molecule has 18 heavy (non-hydrogen) atoms. The van der Waals surface area contributed by atoms with Crippen molar-refractivity contribution in [3.8, 4) is 0 Å². The summed E-state index contributed by atoms with van der Waals surface area (Å²) in [6, 6.07) is 3.86. The van der Waals surface area contributed by atoms with Crippen molar-refractivity contribution >= 4 is 17.7 Å². The number of thioether (sulfide) groups is 1. The summed E-state index contributed by atoms with van der Waals surface area (Å²) in [5.74, 6) is 1.89. The second-order valence-electron chi connectivity index (χ2n) is 4.51. The number of hydrogen-bond acceptors (Lipinski definition) is 4. The van der Waals surface area contributed by atoms with Crippen molar-refractivity contribution in [3.05, 3.63) is 23.7 Å². The number of amides is 1. The third-order valence-corrected chi connectivity index (χ3v) is 3.85. The van der Waals surface area contributed by atoms with Crippen LogP contribution in [-0.2, 0) is 5.75 Å². The molecule has 4 nitrogen and oxygen atoms in total. The van der Waals surface area contributed by atoms with Gasteiger partial charge in [-0.1, -0.05) is 0 Å². The van der Waals surface area contributed by atoms with Crippen molar-refractivity contribution in [2.75, 3.05) is 19.4 Å². The number of carbonyl (C=O) groups excluding carboxylic acids is 1. The van der Waals surface area contributed by atoms with Crippen LogP contribution in [0, 0.1) is 0 Å². The summed E-state index contributed by atoms with van der Waals surface area (Å²) in [5, 5.41) is 9.06. The fourth-order valence-electron chi connectivity index (χ4n) is 2.11. The molecule has 100 valence electrons. The first-order chi connectivity index (χ1) is 8.76. The van der Waals surface area contributed by atoms with E-state index in [1.807, 2.05) is 12.3 Å². The summed E-state index contributed by atoms with van der Waals surface area (Å²) in [5.41, 5.74) is 0. The highest BCUT2D eigenvalue weighted by molar-refractivity contribution is 7.97. The monoisotopic (exact) mass is 269 g/mol. The minimum absolute atomic E-state index is 0.000613. The Bertz CT molecular complexity index is 401. The lowest BCUT2D eigenvalue weighted by molar-refractivity contribution is 0.0493. The van der Waals surface area contributed by atoms with E-state index in [1.165, 1.54) is 0 Å². The molecule has 1 aromatic rings. The summed E-state index contributed by atoms with van der Waals surface area (Å²) < 4.78 is 5.54. The highest BCUT2D eigenvalue weighted by Gasteiger charge is 2.30. The van der Waals surface area contributed by atoms with Gasteiger partial charge in [-0.3, -0.25) is 4.79 Å². The number of hydrogen-bond donors (Lipinski definition) is 1. The average molecular weight is 269 g/mol. The molecule has 1 saturated carbocycles. The first-order valence-corrected chi connectivity index (χ1v) is 7.65. The first-order valence-electron chi connectivity index (χ1n) is 6.25. The van der Waals surface area contributed by atoms with E-state index in [1.54, 1.807) is 22.7 Å². The molecular formula is C13H19NO3S. The molecule has 0 saturated heterocycles. The Balaban J connectivity index is 2.06. The minimum atomic E-state index is -0.0962. The van der Waals surface area contributed by atoms with Gasteiger partial charge in [0.1, 0.15) is 5.76 Å². The van der Waals surface area contributed by atoms with E-state index in [0.29, 0.717) is 12.3 Å². The maximum absolute atomic E-state index is 12.3. The van der Waals surface area contributed by atoms with Gasteiger partial charge in [-0.2, -0.15) is 11.8 Å². The summed E-state index contributed by atoms with van der Waals surface area (Å²) in [7, 11) is 0. The second kappa shape index (κ2) is 6.29. The number of nitrogens with zero attached hydrogens (tertiary/aromatic N) is 1. The van der Waals surface area contributed by atoms with E-state index < -0.39 is 0 Å². The van der Waals surface area contributed by atoms with Crippen molar-refractivity contribution in [3.63, 3.8) is 0 Å². The van der Waals surface area contributed by atoms with E-state index >= 15 is 0 Å². The van der Waals surface area contributed by atoms with E-state index in [-0.39, 0.29) is 18.6 Å². The van der Waals surface area contributed by atoms with Crippen molar-refractivity contribution in [2.45, 2.75) is 31.1 Å². The van der Waals surface area contributed by atoms with Gasteiger partial charge in [0.15, 0.2) is 5.76 Å². The van der Waals surface area contributed by atoms with Crippen LogP contribution in [0.15, 0.2) is 16.5 Å². The molecule has 1 amide bonds. The van der Waals surface area contributed by atoms with Gasteiger partial charge < -0.3 is 14.4 Å². The molecule has 1 heterocycles. The molecular weight excluding hydrogens is 250 g/mol. The molecule has 1 aliphatic carbocycles. The minimum Gasteiger partial charge on any atom is -0.455 e. The van der Waals surface area contributed by atoms with Crippen LogP contribution in [0.2, 0.25) is 0 Å². The van der Waals surface area contributed by atoms with Crippen LogP contribution in [0.25, 0.3) is 0 Å². The normalized spacial score (nSPS) is 15.4. The summed E-state index contributed by atoms with van der Waals surface area (Å²) >= 11 is 1.66. The van der Waals surface area contributed by atoms with E-state index in [9.17, 15) is 4.79 Å². The molecule has 0 aromatic carbocycles. The third kappa shape index (κ3) is 2.90. The number of aliphatic hydroxyl groups is 1. The van der Waals surface area contributed by atoms with Crippen LogP contribution in [0.3, 0.4) is 0 Å². The van der Waals surface area contributed by atoms with Crippen LogP contribution < -0.4 is 0 Å².